The molecule has 2 fully saturated rings. The molecule has 17 heavy (non-hydrogen) atoms. The summed E-state index contributed by atoms with van der Waals surface area (Å²) in [6, 6.07) is 0.521. The lowest BCUT2D eigenvalue weighted by Gasteiger charge is -2.38. The molecule has 0 aliphatic heterocycles. The Morgan fingerprint density at radius 2 is 1.76 bits per heavy atom. The minimum absolute atomic E-state index is 0.165. The first-order chi connectivity index (χ1) is 7.84. The van der Waals surface area contributed by atoms with Crippen molar-refractivity contribution < 1.29 is 4.79 Å². The van der Waals surface area contributed by atoms with Crippen molar-refractivity contribution in [3.05, 3.63) is 0 Å². The maximum absolute atomic E-state index is 12.7. The van der Waals surface area contributed by atoms with Crippen LogP contribution >= 0.6 is 15.9 Å². The van der Waals surface area contributed by atoms with Gasteiger partial charge in [0.15, 0.2) is 0 Å². The van der Waals surface area contributed by atoms with Crippen LogP contribution in [0, 0.1) is 16.7 Å². The number of carbonyl (C=O) groups excluding carboxylic acids is 1. The van der Waals surface area contributed by atoms with Crippen LogP contribution in [0.3, 0.4) is 0 Å². The third-order valence-corrected chi connectivity index (χ3v) is 5.75. The van der Waals surface area contributed by atoms with E-state index in [1.807, 2.05) is 0 Å². The monoisotopic (exact) mass is 301 g/mol. The Bertz CT molecular complexity index is 306. The zero-order valence-electron chi connectivity index (χ0n) is 11.4. The van der Waals surface area contributed by atoms with E-state index in [0.29, 0.717) is 11.9 Å². The van der Waals surface area contributed by atoms with Crippen LogP contribution in [-0.2, 0) is 4.79 Å². The van der Waals surface area contributed by atoms with Gasteiger partial charge in [0, 0.05) is 23.8 Å². The van der Waals surface area contributed by atoms with Gasteiger partial charge in [0.25, 0.3) is 0 Å². The minimum Gasteiger partial charge on any atom is -0.339 e. The van der Waals surface area contributed by atoms with Crippen LogP contribution in [-0.4, -0.2) is 28.7 Å². The van der Waals surface area contributed by atoms with Crippen LogP contribution in [0.25, 0.3) is 0 Å². The Hall–Kier alpha value is -0.0500. The van der Waals surface area contributed by atoms with Gasteiger partial charge in [-0.25, -0.2) is 0 Å². The Morgan fingerprint density at radius 1 is 1.24 bits per heavy atom. The standard InChI is InChI=1S/C14H24BrNO/c1-13(2)11(14(13,3)4)12(17)16(9-8-15)10-6-5-7-10/h10-11H,5-9H2,1-4H3. The normalized spacial score (nSPS) is 26.4. The molecule has 0 radical (unpaired) electrons. The SMILES string of the molecule is CC1(C)C(C(=O)N(CCBr)C2CCC2)C1(C)C. The Labute approximate surface area is 113 Å². The Kier molecular flexibility index (Phi) is 3.35. The van der Waals surface area contributed by atoms with Crippen molar-refractivity contribution in [3.63, 3.8) is 0 Å². The van der Waals surface area contributed by atoms with Gasteiger partial charge in [-0.15, -0.1) is 0 Å². The topological polar surface area (TPSA) is 20.3 Å². The number of rotatable bonds is 4. The fraction of sp³-hybridized carbons (Fsp3) is 0.929. The summed E-state index contributed by atoms with van der Waals surface area (Å²) < 4.78 is 0. The molecule has 0 heterocycles. The van der Waals surface area contributed by atoms with E-state index in [1.165, 1.54) is 19.3 Å². The van der Waals surface area contributed by atoms with Crippen LogP contribution in [0.1, 0.15) is 47.0 Å². The van der Waals surface area contributed by atoms with E-state index in [1.54, 1.807) is 0 Å². The Morgan fingerprint density at radius 3 is 2.06 bits per heavy atom. The zero-order valence-corrected chi connectivity index (χ0v) is 13.0. The zero-order chi connectivity index (χ0) is 12.8. The summed E-state index contributed by atoms with van der Waals surface area (Å²) in [6.07, 6.45) is 3.69. The van der Waals surface area contributed by atoms with Gasteiger partial charge in [-0.1, -0.05) is 43.6 Å². The maximum atomic E-state index is 12.7. The second-order valence-electron chi connectivity index (χ2n) is 6.68. The quantitative estimate of drug-likeness (QED) is 0.728. The summed E-state index contributed by atoms with van der Waals surface area (Å²) in [7, 11) is 0. The molecule has 2 aliphatic carbocycles. The third kappa shape index (κ3) is 1.94. The molecule has 0 aromatic rings. The largest absolute Gasteiger partial charge is 0.339 e. The molecule has 0 spiro atoms. The first kappa shape index (κ1) is 13.4. The summed E-state index contributed by atoms with van der Waals surface area (Å²) in [6.45, 7) is 9.77. The van der Waals surface area contributed by atoms with Crippen LogP contribution in [0.15, 0.2) is 0 Å². The van der Waals surface area contributed by atoms with Crippen molar-refractivity contribution in [2.75, 3.05) is 11.9 Å². The van der Waals surface area contributed by atoms with Crippen molar-refractivity contribution in [1.29, 1.82) is 0 Å². The second kappa shape index (κ2) is 4.25. The number of alkyl halides is 1. The van der Waals surface area contributed by atoms with Crippen LogP contribution < -0.4 is 0 Å². The van der Waals surface area contributed by atoms with E-state index >= 15 is 0 Å². The summed E-state index contributed by atoms with van der Waals surface area (Å²) in [5.41, 5.74) is 0.330. The van der Waals surface area contributed by atoms with Gasteiger partial charge in [-0.3, -0.25) is 4.79 Å². The van der Waals surface area contributed by atoms with Crippen LogP contribution in [0.5, 0.6) is 0 Å². The second-order valence-corrected chi connectivity index (χ2v) is 7.47. The van der Waals surface area contributed by atoms with E-state index < -0.39 is 0 Å². The third-order valence-electron chi connectivity index (χ3n) is 5.39. The number of nitrogens with zero attached hydrogens (tertiary/aromatic N) is 1. The van der Waals surface area contributed by atoms with Gasteiger partial charge < -0.3 is 4.90 Å². The molecule has 2 rings (SSSR count). The van der Waals surface area contributed by atoms with E-state index in [0.717, 1.165) is 11.9 Å². The summed E-state index contributed by atoms with van der Waals surface area (Å²) >= 11 is 3.47. The van der Waals surface area contributed by atoms with E-state index in [9.17, 15) is 4.79 Å². The van der Waals surface area contributed by atoms with E-state index in [2.05, 4.69) is 48.5 Å². The predicted octanol–water partition coefficient (Wildman–Crippen LogP) is 3.44. The van der Waals surface area contributed by atoms with Gasteiger partial charge in [-0.05, 0) is 30.1 Å². The molecule has 0 aromatic carbocycles. The van der Waals surface area contributed by atoms with Crippen molar-refractivity contribution in [2.45, 2.75) is 53.0 Å². The number of halogens is 1. The molecule has 1 amide bonds. The van der Waals surface area contributed by atoms with Crippen molar-refractivity contribution >= 4 is 21.8 Å². The smallest absolute Gasteiger partial charge is 0.227 e. The molecule has 2 nitrogen and oxygen atoms in total. The van der Waals surface area contributed by atoms with Gasteiger partial charge in [0.05, 0.1) is 0 Å². The highest BCUT2D eigenvalue weighted by Gasteiger charge is 2.69. The molecule has 3 heteroatoms. The molecular weight excluding hydrogens is 278 g/mol. The number of hydrogen-bond donors (Lipinski definition) is 0. The van der Waals surface area contributed by atoms with Crippen LogP contribution in [0.4, 0.5) is 0 Å². The number of carbonyl (C=O) groups is 1. The molecule has 0 bridgehead atoms. The Balaban J connectivity index is 2.07. The summed E-state index contributed by atoms with van der Waals surface area (Å²) in [5, 5.41) is 0.892. The van der Waals surface area contributed by atoms with E-state index in [4.69, 9.17) is 0 Å². The molecule has 98 valence electrons. The summed E-state index contributed by atoms with van der Waals surface area (Å²) in [5.74, 6) is 0.610. The number of amides is 1. The van der Waals surface area contributed by atoms with Crippen molar-refractivity contribution in [3.8, 4) is 0 Å². The molecule has 2 aliphatic rings. The van der Waals surface area contributed by atoms with Crippen molar-refractivity contribution in [2.24, 2.45) is 16.7 Å². The lowest BCUT2D eigenvalue weighted by atomic mass is 9.91. The summed E-state index contributed by atoms with van der Waals surface area (Å²) in [4.78, 5) is 14.8. The number of hydrogen-bond acceptors (Lipinski definition) is 1. The van der Waals surface area contributed by atoms with Crippen LogP contribution in [0.2, 0.25) is 0 Å². The highest BCUT2D eigenvalue weighted by atomic mass is 79.9. The highest BCUT2D eigenvalue weighted by Crippen LogP contribution is 2.69. The van der Waals surface area contributed by atoms with Crippen molar-refractivity contribution in [1.82, 2.24) is 4.90 Å². The highest BCUT2D eigenvalue weighted by molar-refractivity contribution is 9.09. The molecule has 0 N–H and O–H groups in total. The van der Waals surface area contributed by atoms with Gasteiger partial charge in [0.2, 0.25) is 5.91 Å². The molecule has 2 saturated carbocycles. The van der Waals surface area contributed by atoms with E-state index in [-0.39, 0.29) is 16.7 Å². The lowest BCUT2D eigenvalue weighted by Crippen LogP contribution is -2.46. The maximum Gasteiger partial charge on any atom is 0.227 e. The first-order valence-corrected chi connectivity index (χ1v) is 7.82. The molecule has 0 unspecified atom stereocenters. The fourth-order valence-electron chi connectivity index (χ4n) is 3.24. The average molecular weight is 302 g/mol. The molecule has 0 saturated heterocycles. The first-order valence-electron chi connectivity index (χ1n) is 6.70. The molecule has 0 aromatic heterocycles. The molecule has 0 atom stereocenters. The van der Waals surface area contributed by atoms with Gasteiger partial charge >= 0.3 is 0 Å². The van der Waals surface area contributed by atoms with Gasteiger partial charge in [0.1, 0.15) is 0 Å². The fourth-order valence-corrected chi connectivity index (χ4v) is 3.62. The predicted molar refractivity (Wildman–Crippen MR) is 74.2 cm³/mol. The minimum atomic E-state index is 0.165. The average Bonchev–Trinajstić information content (AvgIpc) is 2.53. The molecular formula is C14H24BrNO. The lowest BCUT2D eigenvalue weighted by molar-refractivity contribution is -0.137. The van der Waals surface area contributed by atoms with Gasteiger partial charge in [-0.2, -0.15) is 0 Å².